The second-order valence-corrected chi connectivity index (χ2v) is 23.2. The first kappa shape index (κ1) is 53.9. The molecule has 18 heteroatoms. The highest BCUT2D eigenvalue weighted by atomic mass is 16.7. The highest BCUT2D eigenvalue weighted by Crippen LogP contribution is 2.77. The number of carbonyl (C=O) groups is 3. The Morgan fingerprint density at radius 1 is 0.783 bits per heavy atom. The number of carboxylic acids is 1. The fraction of sp³-hybridized carbons (Fsp3) is 0.824. The molecule has 7 rings (SSSR count). The van der Waals surface area contributed by atoms with Gasteiger partial charge in [0.2, 0.25) is 0 Å². The number of aliphatic hydroxyl groups excluding tert-OH is 8. The van der Waals surface area contributed by atoms with Crippen LogP contribution in [0.3, 0.4) is 0 Å². The summed E-state index contributed by atoms with van der Waals surface area (Å²) in [6.45, 7) is 18.2. The number of fused-ring (bicyclic) bond motifs is 7. The number of ether oxygens (including phenoxy) is 6. The van der Waals surface area contributed by atoms with E-state index in [-0.39, 0.29) is 24.9 Å². The molecule has 18 nitrogen and oxygen atoms in total. The van der Waals surface area contributed by atoms with E-state index in [1.54, 1.807) is 39.8 Å². The standard InChI is InChI=1S/C51H78O18/c1-11-24(3)42(62)68-39-40(69-43(63)25(4)12-2)51(23-53)28(18-46(39,5)6)27-13-14-30-48(8)16-15-26(17-31(48)47(7,22-52)21-50(30,10)49(27,9)19-32(51)55)65-45-36(59)37(35(58)38(67-45)41(60)61)66-44-34(57)33(56)29(54)20-64-44/h11-13,26,28-40,44-45,52-59H,14-23H2,1-10H3,(H,60,61)/b24-11-,25-12-/t26-,28-,29-,30+,31+,32+,33-,34+,35-,36+,37-,38-,39-,40-,44-,45+,47+,48+,49+,50+,51-/m0/s1. The van der Waals surface area contributed by atoms with Gasteiger partial charge in [-0.2, -0.15) is 0 Å². The van der Waals surface area contributed by atoms with E-state index in [4.69, 9.17) is 28.4 Å². The molecule has 0 aromatic heterocycles. The highest BCUT2D eigenvalue weighted by molar-refractivity contribution is 5.89. The minimum atomic E-state index is -1.94. The molecule has 6 fully saturated rings. The number of carbonyl (C=O) groups excluding carboxylic acids is 2. The summed E-state index contributed by atoms with van der Waals surface area (Å²) >= 11 is 0. The Morgan fingerprint density at radius 3 is 1.99 bits per heavy atom. The van der Waals surface area contributed by atoms with Crippen molar-refractivity contribution in [2.24, 2.45) is 50.2 Å². The Bertz CT molecular complexity index is 2050. The third-order valence-corrected chi connectivity index (χ3v) is 19.0. The molecule has 4 saturated carbocycles. The van der Waals surface area contributed by atoms with Crippen LogP contribution in [0.5, 0.6) is 0 Å². The monoisotopic (exact) mass is 979 g/mol. The number of rotatable bonds is 11. The van der Waals surface area contributed by atoms with E-state index in [2.05, 4.69) is 33.8 Å². The number of allylic oxidation sites excluding steroid dienone is 4. The third-order valence-electron chi connectivity index (χ3n) is 19.0. The minimum Gasteiger partial charge on any atom is -0.479 e. The number of aliphatic hydroxyl groups is 8. The topological polar surface area (TPSA) is 289 Å². The Labute approximate surface area is 404 Å². The summed E-state index contributed by atoms with van der Waals surface area (Å²) in [7, 11) is 0. The van der Waals surface area contributed by atoms with Gasteiger partial charge in [0.1, 0.15) is 42.7 Å². The molecule has 0 radical (unpaired) electrons. The van der Waals surface area contributed by atoms with Crippen LogP contribution in [0.25, 0.3) is 0 Å². The highest BCUT2D eigenvalue weighted by Gasteiger charge is 2.74. The lowest BCUT2D eigenvalue weighted by molar-refractivity contribution is -0.352. The SMILES string of the molecule is C/C=C(/C)C(=O)O[C@H]1[C@H](OC(=O)/C(C)=C\C)[C@]2(CO)[C@H](O)C[C@]3(C)C(=CC[C@@H]4[C@@]5(C)CC[C@H](O[C@@H]6O[C@H](C(=O)O)[C@@H](O)[C@H](O[C@@H]7OC[C@H](O)[C@H](O)[C@H]7O)[C@H]6O)C[C@@H]5[C@@](C)(CO)C[C@]43C)[C@@H]2CC1(C)C. The Morgan fingerprint density at radius 2 is 1.41 bits per heavy atom. The van der Waals surface area contributed by atoms with Gasteiger partial charge in [-0.25, -0.2) is 14.4 Å². The molecule has 0 amide bonds. The van der Waals surface area contributed by atoms with E-state index in [1.807, 2.05) is 13.8 Å². The third kappa shape index (κ3) is 8.57. The van der Waals surface area contributed by atoms with E-state index in [0.717, 1.165) is 5.57 Å². The van der Waals surface area contributed by atoms with Crippen molar-refractivity contribution in [1.82, 2.24) is 0 Å². The second kappa shape index (κ2) is 19.2. The van der Waals surface area contributed by atoms with Crippen molar-refractivity contribution >= 4 is 17.9 Å². The molecular formula is C51H78O18. The molecule has 21 atom stereocenters. The number of aliphatic carboxylic acids is 1. The van der Waals surface area contributed by atoms with E-state index in [1.165, 1.54) is 0 Å². The Hall–Kier alpha value is -2.85. The van der Waals surface area contributed by atoms with Crippen molar-refractivity contribution in [2.75, 3.05) is 19.8 Å². The van der Waals surface area contributed by atoms with Crippen LogP contribution < -0.4 is 0 Å². The summed E-state index contributed by atoms with van der Waals surface area (Å²) in [6, 6.07) is 0. The maximum Gasteiger partial charge on any atom is 0.335 e. The average Bonchev–Trinajstić information content (AvgIpc) is 3.29. The van der Waals surface area contributed by atoms with Crippen LogP contribution in [0.4, 0.5) is 0 Å². The Kier molecular flexibility index (Phi) is 15.0. The van der Waals surface area contributed by atoms with E-state index in [9.17, 15) is 60.3 Å². The number of carboxylic acid groups (broad SMARTS) is 1. The maximum atomic E-state index is 13.8. The van der Waals surface area contributed by atoms with Gasteiger partial charge in [0.05, 0.1) is 30.8 Å². The maximum absolute atomic E-state index is 13.8. The minimum absolute atomic E-state index is 0.00913. The molecule has 2 heterocycles. The van der Waals surface area contributed by atoms with Gasteiger partial charge in [-0.05, 0) is 112 Å². The quantitative estimate of drug-likeness (QED) is 0.0622. The molecule has 0 unspecified atom stereocenters. The fourth-order valence-electron chi connectivity index (χ4n) is 14.7. The first-order valence-corrected chi connectivity index (χ1v) is 24.7. The smallest absolute Gasteiger partial charge is 0.335 e. The number of hydrogen-bond donors (Lipinski definition) is 9. The van der Waals surface area contributed by atoms with E-state index >= 15 is 0 Å². The molecule has 5 aliphatic carbocycles. The van der Waals surface area contributed by atoms with Crippen LogP contribution in [0.1, 0.15) is 114 Å². The fourth-order valence-corrected chi connectivity index (χ4v) is 14.7. The number of esters is 2. The lowest BCUT2D eigenvalue weighted by Crippen LogP contribution is -2.73. The van der Waals surface area contributed by atoms with Crippen LogP contribution in [0.2, 0.25) is 0 Å². The van der Waals surface area contributed by atoms with Crippen LogP contribution in [-0.2, 0) is 42.8 Å². The zero-order valence-corrected chi connectivity index (χ0v) is 41.7. The van der Waals surface area contributed by atoms with Crippen molar-refractivity contribution in [3.63, 3.8) is 0 Å². The van der Waals surface area contributed by atoms with Gasteiger partial charge in [0.15, 0.2) is 24.8 Å². The van der Waals surface area contributed by atoms with Gasteiger partial charge in [-0.3, -0.25) is 0 Å². The molecule has 0 bridgehead atoms. The number of hydrogen-bond acceptors (Lipinski definition) is 17. The first-order valence-electron chi connectivity index (χ1n) is 24.7. The summed E-state index contributed by atoms with van der Waals surface area (Å²) in [4.78, 5) is 39.6. The van der Waals surface area contributed by atoms with Crippen LogP contribution in [0, 0.1) is 50.2 Å². The van der Waals surface area contributed by atoms with Crippen LogP contribution in [0.15, 0.2) is 34.9 Å². The van der Waals surface area contributed by atoms with Crippen LogP contribution >= 0.6 is 0 Å². The summed E-state index contributed by atoms with van der Waals surface area (Å²) < 4.78 is 35.8. The van der Waals surface area contributed by atoms with E-state index < -0.39 is 149 Å². The average molecular weight is 979 g/mol. The van der Waals surface area contributed by atoms with Crippen molar-refractivity contribution in [1.29, 1.82) is 0 Å². The molecule has 0 aromatic rings. The molecular weight excluding hydrogens is 901 g/mol. The van der Waals surface area contributed by atoms with Crippen molar-refractivity contribution in [3.05, 3.63) is 34.9 Å². The molecule has 69 heavy (non-hydrogen) atoms. The van der Waals surface area contributed by atoms with Crippen molar-refractivity contribution in [2.45, 2.75) is 194 Å². The lowest BCUT2D eigenvalue weighted by Gasteiger charge is -2.73. The van der Waals surface area contributed by atoms with Crippen molar-refractivity contribution < 1.29 is 88.8 Å². The summed E-state index contributed by atoms with van der Waals surface area (Å²) in [5.74, 6) is -3.46. The molecule has 390 valence electrons. The van der Waals surface area contributed by atoms with Gasteiger partial charge < -0.3 is 74.4 Å². The van der Waals surface area contributed by atoms with Gasteiger partial charge in [0, 0.05) is 23.2 Å². The zero-order valence-electron chi connectivity index (χ0n) is 41.7. The van der Waals surface area contributed by atoms with Gasteiger partial charge in [-0.1, -0.05) is 65.3 Å². The lowest BCUT2D eigenvalue weighted by atomic mass is 9.31. The van der Waals surface area contributed by atoms with Crippen molar-refractivity contribution in [3.8, 4) is 0 Å². The van der Waals surface area contributed by atoms with Gasteiger partial charge in [0.25, 0.3) is 0 Å². The van der Waals surface area contributed by atoms with E-state index in [0.29, 0.717) is 49.7 Å². The summed E-state index contributed by atoms with van der Waals surface area (Å²) in [5.41, 5.74) is -2.93. The van der Waals surface area contributed by atoms with Gasteiger partial charge >= 0.3 is 17.9 Å². The Balaban J connectivity index is 1.20. The predicted octanol–water partition coefficient (Wildman–Crippen LogP) is 2.44. The predicted molar refractivity (Wildman–Crippen MR) is 244 cm³/mol. The van der Waals surface area contributed by atoms with Crippen LogP contribution in [-0.4, -0.2) is 163 Å². The molecule has 2 saturated heterocycles. The molecule has 9 N–H and O–H groups in total. The first-order chi connectivity index (χ1) is 32.2. The summed E-state index contributed by atoms with van der Waals surface area (Å²) in [5, 5.41) is 99.5. The normalized spacial score (nSPS) is 48.7. The largest absolute Gasteiger partial charge is 0.479 e. The molecule has 0 spiro atoms. The second-order valence-electron chi connectivity index (χ2n) is 23.2. The summed E-state index contributed by atoms with van der Waals surface area (Å²) in [6.07, 6.45) is -10.9. The molecule has 2 aliphatic heterocycles. The van der Waals surface area contributed by atoms with Gasteiger partial charge in [-0.15, -0.1) is 0 Å². The molecule has 0 aromatic carbocycles. The zero-order chi connectivity index (χ0) is 51.1. The molecule has 7 aliphatic rings.